The fourth-order valence-electron chi connectivity index (χ4n) is 4.47. The fraction of sp³-hybridized carbons (Fsp3) is 0.393. The van der Waals surface area contributed by atoms with Gasteiger partial charge in [-0.3, -0.25) is 9.59 Å². The Morgan fingerprint density at radius 3 is 2.49 bits per heavy atom. The Kier molecular flexibility index (Phi) is 6.90. The van der Waals surface area contributed by atoms with Crippen molar-refractivity contribution >= 4 is 34.5 Å². The quantitative estimate of drug-likeness (QED) is 0.380. The maximum Gasteiger partial charge on any atom is 0.408 e. The van der Waals surface area contributed by atoms with Crippen molar-refractivity contribution in [3.8, 4) is 0 Å². The number of fused-ring (bicyclic) bond motifs is 2. The lowest BCUT2D eigenvalue weighted by Gasteiger charge is -2.30. The molecule has 9 heteroatoms. The van der Waals surface area contributed by atoms with Crippen LogP contribution in [0.5, 0.6) is 0 Å². The lowest BCUT2D eigenvalue weighted by Crippen LogP contribution is -2.59. The summed E-state index contributed by atoms with van der Waals surface area (Å²) in [6, 6.07) is 12.6. The number of benzene rings is 2. The minimum absolute atomic E-state index is 0.207. The van der Waals surface area contributed by atoms with E-state index < -0.39 is 29.2 Å². The number of hydrogen-bond donors (Lipinski definition) is 4. The van der Waals surface area contributed by atoms with Crippen LogP contribution < -0.4 is 16.4 Å². The summed E-state index contributed by atoms with van der Waals surface area (Å²) < 4.78 is 5.32. The van der Waals surface area contributed by atoms with Crippen molar-refractivity contribution in [2.75, 3.05) is 5.73 Å². The van der Waals surface area contributed by atoms with Crippen molar-refractivity contribution in [2.45, 2.75) is 71.3 Å². The number of rotatable bonds is 6. The number of aromatic amines is 1. The van der Waals surface area contributed by atoms with Crippen LogP contribution in [0.25, 0.3) is 10.9 Å². The van der Waals surface area contributed by atoms with E-state index in [1.807, 2.05) is 48.7 Å². The molecule has 2 aromatic carbocycles. The van der Waals surface area contributed by atoms with Crippen LogP contribution in [0.1, 0.15) is 51.3 Å². The maximum atomic E-state index is 13.8. The van der Waals surface area contributed by atoms with Crippen LogP contribution in [0, 0.1) is 0 Å². The zero-order chi connectivity index (χ0) is 27.0. The third kappa shape index (κ3) is 6.04. The van der Waals surface area contributed by atoms with Crippen molar-refractivity contribution in [2.24, 2.45) is 0 Å². The Labute approximate surface area is 216 Å². The molecule has 1 aliphatic rings. The molecule has 9 nitrogen and oxygen atoms in total. The number of hydrogen-bond acceptors (Lipinski definition) is 5. The smallest absolute Gasteiger partial charge is 0.408 e. The first-order chi connectivity index (χ1) is 17.3. The summed E-state index contributed by atoms with van der Waals surface area (Å²) in [5.41, 5.74) is 8.45. The number of anilines is 1. The molecule has 0 fully saturated rings. The number of nitrogens with zero attached hydrogens (tertiary/aromatic N) is 1. The summed E-state index contributed by atoms with van der Waals surface area (Å²) in [4.78, 5) is 44.5. The second-order valence-electron chi connectivity index (χ2n) is 11.1. The lowest BCUT2D eigenvalue weighted by molar-refractivity contribution is -0.138. The topological polar surface area (TPSA) is 130 Å². The third-order valence-electron chi connectivity index (χ3n) is 6.35. The minimum Gasteiger partial charge on any atom is -0.444 e. The van der Waals surface area contributed by atoms with Gasteiger partial charge in [0.1, 0.15) is 17.2 Å². The van der Waals surface area contributed by atoms with Gasteiger partial charge >= 0.3 is 6.09 Å². The summed E-state index contributed by atoms with van der Waals surface area (Å²) in [6.07, 6.45) is 1.44. The van der Waals surface area contributed by atoms with Gasteiger partial charge in [0, 0.05) is 42.3 Å². The number of H-pyrrole nitrogens is 1. The number of nitrogens with two attached hydrogens (primary N) is 1. The average Bonchev–Trinajstić information content (AvgIpc) is 3.40. The molecule has 1 atom stereocenters. The monoisotopic (exact) mass is 505 g/mol. The summed E-state index contributed by atoms with van der Waals surface area (Å²) in [7, 11) is 0. The van der Waals surface area contributed by atoms with E-state index in [1.165, 1.54) is 0 Å². The van der Waals surface area contributed by atoms with Gasteiger partial charge in [-0.1, -0.05) is 24.3 Å². The van der Waals surface area contributed by atoms with Crippen molar-refractivity contribution < 1.29 is 19.1 Å². The lowest BCUT2D eigenvalue weighted by atomic mass is 10.0. The summed E-state index contributed by atoms with van der Waals surface area (Å²) in [5.74, 6) is -0.695. The molecule has 0 saturated heterocycles. The number of amides is 3. The normalized spacial score (nSPS) is 14.2. The molecular weight excluding hydrogens is 470 g/mol. The number of nitrogens with one attached hydrogen (secondary N) is 3. The number of nitrogen functional groups attached to an aromatic ring is 1. The summed E-state index contributed by atoms with van der Waals surface area (Å²) >= 11 is 0. The van der Waals surface area contributed by atoms with Gasteiger partial charge in [-0.2, -0.15) is 0 Å². The molecule has 1 aromatic heterocycles. The predicted molar refractivity (Wildman–Crippen MR) is 142 cm³/mol. The van der Waals surface area contributed by atoms with Gasteiger partial charge in [-0.15, -0.1) is 0 Å². The molecule has 2 heterocycles. The van der Waals surface area contributed by atoms with Gasteiger partial charge in [0.05, 0.1) is 0 Å². The second kappa shape index (κ2) is 9.80. The van der Waals surface area contributed by atoms with Crippen LogP contribution in [0.15, 0.2) is 48.7 Å². The number of ether oxygens (including phenoxy) is 1. The van der Waals surface area contributed by atoms with E-state index >= 15 is 0 Å². The van der Waals surface area contributed by atoms with E-state index in [0.29, 0.717) is 18.8 Å². The number of aromatic nitrogens is 1. The second-order valence-corrected chi connectivity index (χ2v) is 11.1. The number of carbonyl (C=O) groups is 3. The van der Waals surface area contributed by atoms with Crippen LogP contribution in [0.2, 0.25) is 0 Å². The van der Waals surface area contributed by atoms with Gasteiger partial charge in [-0.25, -0.2) is 4.79 Å². The van der Waals surface area contributed by atoms with E-state index in [2.05, 4.69) is 15.6 Å². The van der Waals surface area contributed by atoms with Crippen LogP contribution >= 0.6 is 0 Å². The highest BCUT2D eigenvalue weighted by Crippen LogP contribution is 2.27. The number of para-hydroxylation sites is 1. The van der Waals surface area contributed by atoms with Crippen molar-refractivity contribution in [1.29, 1.82) is 0 Å². The van der Waals surface area contributed by atoms with Gasteiger partial charge in [0.2, 0.25) is 11.8 Å². The molecule has 1 aliphatic heterocycles. The Morgan fingerprint density at radius 1 is 1.05 bits per heavy atom. The van der Waals surface area contributed by atoms with Gasteiger partial charge in [0.15, 0.2) is 0 Å². The zero-order valence-corrected chi connectivity index (χ0v) is 22.0. The molecule has 4 rings (SSSR count). The summed E-state index contributed by atoms with van der Waals surface area (Å²) in [5, 5.41) is 6.51. The molecule has 5 N–H and O–H groups in total. The highest BCUT2D eigenvalue weighted by Gasteiger charge is 2.36. The molecule has 0 aliphatic carbocycles. The van der Waals surface area contributed by atoms with Gasteiger partial charge < -0.3 is 31.0 Å². The first-order valence-electron chi connectivity index (χ1n) is 12.4. The summed E-state index contributed by atoms with van der Waals surface area (Å²) in [6.45, 7) is 9.25. The minimum atomic E-state index is -1.32. The molecule has 37 heavy (non-hydrogen) atoms. The van der Waals surface area contributed by atoms with E-state index in [1.54, 1.807) is 39.5 Å². The highest BCUT2D eigenvalue weighted by atomic mass is 16.6. The largest absolute Gasteiger partial charge is 0.444 e. The van der Waals surface area contributed by atoms with Crippen LogP contribution in [0.4, 0.5) is 10.5 Å². The Bertz CT molecular complexity index is 1340. The van der Waals surface area contributed by atoms with E-state index in [9.17, 15) is 14.4 Å². The van der Waals surface area contributed by atoms with Crippen LogP contribution in [0.3, 0.4) is 0 Å². The Hall–Kier alpha value is -4.01. The molecule has 0 bridgehead atoms. The van der Waals surface area contributed by atoms with E-state index in [0.717, 1.165) is 27.6 Å². The van der Waals surface area contributed by atoms with Crippen molar-refractivity contribution in [1.82, 2.24) is 20.5 Å². The molecule has 3 aromatic rings. The van der Waals surface area contributed by atoms with Crippen molar-refractivity contribution in [3.63, 3.8) is 0 Å². The average molecular weight is 506 g/mol. The number of carbonyl (C=O) groups excluding carboxylic acids is 3. The molecule has 0 radical (unpaired) electrons. The maximum absolute atomic E-state index is 13.8. The molecule has 0 spiro atoms. The van der Waals surface area contributed by atoms with Crippen molar-refractivity contribution in [3.05, 3.63) is 65.4 Å². The first kappa shape index (κ1) is 26.1. The molecule has 3 amide bonds. The fourth-order valence-corrected chi connectivity index (χ4v) is 4.47. The highest BCUT2D eigenvalue weighted by molar-refractivity contribution is 5.94. The Balaban J connectivity index is 1.56. The van der Waals surface area contributed by atoms with E-state index in [-0.39, 0.29) is 12.3 Å². The zero-order valence-electron chi connectivity index (χ0n) is 22.0. The predicted octanol–water partition coefficient (Wildman–Crippen LogP) is 3.62. The molecular formula is C28H35N5O4. The third-order valence-corrected chi connectivity index (χ3v) is 6.35. The van der Waals surface area contributed by atoms with Crippen LogP contribution in [-0.4, -0.2) is 45.0 Å². The first-order valence-corrected chi connectivity index (χ1v) is 12.4. The number of alkyl carbamates (subject to hydrolysis) is 1. The van der Waals surface area contributed by atoms with Crippen LogP contribution in [-0.2, 0) is 33.8 Å². The van der Waals surface area contributed by atoms with E-state index in [4.69, 9.17) is 10.5 Å². The van der Waals surface area contributed by atoms with Gasteiger partial charge in [-0.05, 0) is 69.5 Å². The molecule has 196 valence electrons. The Morgan fingerprint density at radius 2 is 1.76 bits per heavy atom. The van der Waals surface area contributed by atoms with Gasteiger partial charge in [0.25, 0.3) is 0 Å². The standard InChI is InChI=1S/C28H35N5O4/c1-27(2,3)37-26(36)32-28(4,5)25(35)31-23(13-18-14-30-22-9-7-6-8-21(18)22)24(34)33-15-17-10-11-20(29)12-19(17)16-33/h6-12,14,23,30H,13,15-16,29H2,1-5H3,(H,31,35)(H,32,36). The SMILES string of the molecule is CC(C)(C)OC(=O)NC(C)(C)C(=O)NC(Cc1c[nH]c2ccccc12)C(=O)N1Cc2ccc(N)cc2C1. The molecule has 1 unspecified atom stereocenters. The molecule has 0 saturated carbocycles.